The lowest BCUT2D eigenvalue weighted by molar-refractivity contribution is -0.192. The third-order valence-electron chi connectivity index (χ3n) is 13.3. The summed E-state index contributed by atoms with van der Waals surface area (Å²) in [5.74, 6) is -0.135. The van der Waals surface area contributed by atoms with Gasteiger partial charge in [-0.25, -0.2) is 0 Å². The molecule has 1 N–H and O–H groups in total. The molecule has 0 bridgehead atoms. The second-order valence-corrected chi connectivity index (χ2v) is 15.5. The summed E-state index contributed by atoms with van der Waals surface area (Å²) in [4.78, 5) is 27.9. The summed E-state index contributed by atoms with van der Waals surface area (Å²) in [5.41, 5.74) is 0.494. The first kappa shape index (κ1) is 27.6. The molecular formula is C33H47NO4. The van der Waals surface area contributed by atoms with Crippen LogP contribution in [-0.4, -0.2) is 30.1 Å². The summed E-state index contributed by atoms with van der Waals surface area (Å²) in [5, 5.41) is 21.3. The third kappa shape index (κ3) is 3.08. The third-order valence-corrected chi connectivity index (χ3v) is 13.3. The van der Waals surface area contributed by atoms with Gasteiger partial charge in [-0.1, -0.05) is 48.5 Å². The van der Waals surface area contributed by atoms with E-state index in [2.05, 4.69) is 54.5 Å². The number of nitriles is 1. The maximum absolute atomic E-state index is 14.5. The quantitative estimate of drug-likeness (QED) is 0.395. The maximum Gasteiger partial charge on any atom is 0.312 e. The van der Waals surface area contributed by atoms with Crippen molar-refractivity contribution in [2.24, 2.45) is 50.2 Å². The fourth-order valence-corrected chi connectivity index (χ4v) is 10.7. The lowest BCUT2D eigenvalue weighted by Gasteiger charge is -2.69. The number of hydrogen-bond acceptors (Lipinski definition) is 5. The van der Waals surface area contributed by atoms with E-state index in [1.807, 2.05) is 13.0 Å². The number of methoxy groups -OCH3 is 1. The van der Waals surface area contributed by atoms with Gasteiger partial charge in [0.2, 0.25) is 0 Å². The van der Waals surface area contributed by atoms with Crippen molar-refractivity contribution in [3.8, 4) is 6.07 Å². The summed E-state index contributed by atoms with van der Waals surface area (Å²) in [6.07, 6.45) is 7.17. The van der Waals surface area contributed by atoms with E-state index in [-0.39, 0.29) is 45.8 Å². The van der Waals surface area contributed by atoms with Crippen molar-refractivity contribution >= 4 is 11.8 Å². The van der Waals surface area contributed by atoms with Gasteiger partial charge in [-0.15, -0.1) is 0 Å². The minimum absolute atomic E-state index is 0.0407. The molecule has 2 unspecified atom stereocenters. The zero-order valence-electron chi connectivity index (χ0n) is 25.0. The standard InChI is InChI=1S/C33H47NO4/c1-19-20(18-34)26(36)29(4,5)23-10-11-30(6)24(32(19,23)8)16-22(35)25-21-17-28(2,3)12-14-33(21,27(37)38-9)15-13-31(25,30)7/h16,21,23,25-26,36H,10-15,17H2,1-9H3/t21-,23?,25-,26?,30+,31+,32-,33-/m0/s1. The van der Waals surface area contributed by atoms with E-state index >= 15 is 0 Å². The van der Waals surface area contributed by atoms with Crippen LogP contribution in [0.25, 0.3) is 0 Å². The average Bonchev–Trinajstić information content (AvgIpc) is 2.84. The zero-order chi connectivity index (χ0) is 28.3. The Bertz CT molecular complexity index is 1200. The molecule has 38 heavy (non-hydrogen) atoms. The van der Waals surface area contributed by atoms with Gasteiger partial charge in [-0.05, 0) is 103 Å². The molecule has 0 aliphatic heterocycles. The van der Waals surface area contributed by atoms with Crippen LogP contribution < -0.4 is 0 Å². The molecule has 8 atom stereocenters. The molecule has 208 valence electrons. The van der Waals surface area contributed by atoms with Gasteiger partial charge in [-0.3, -0.25) is 9.59 Å². The molecule has 3 saturated carbocycles. The van der Waals surface area contributed by atoms with Crippen molar-refractivity contribution < 1.29 is 19.4 Å². The number of ketones is 1. The lowest BCUT2D eigenvalue weighted by Crippen LogP contribution is -2.66. The van der Waals surface area contributed by atoms with Crippen LogP contribution in [0.1, 0.15) is 100 Å². The van der Waals surface area contributed by atoms with Crippen LogP contribution in [0.3, 0.4) is 0 Å². The SMILES string of the molecule is COC(=O)[C@]12CCC(C)(C)C[C@H]1[C@H]1C(=O)C=C3[C@@]4(C)C(C)=C(C#N)C(O)C(C)(C)C4CC[C@@]3(C)[C@]1(C)CC2. The first-order chi connectivity index (χ1) is 17.5. The molecule has 0 heterocycles. The number of fused-ring (bicyclic) bond motifs is 7. The molecule has 3 fully saturated rings. The molecule has 0 spiro atoms. The fraction of sp³-hybridized carbons (Fsp3) is 0.788. The molecule has 5 aliphatic rings. The molecule has 0 radical (unpaired) electrons. The van der Waals surface area contributed by atoms with Gasteiger partial charge in [0.25, 0.3) is 0 Å². The number of carbonyl (C=O) groups excluding carboxylic acids is 2. The predicted molar refractivity (Wildman–Crippen MR) is 147 cm³/mol. The van der Waals surface area contributed by atoms with Gasteiger partial charge < -0.3 is 9.84 Å². The van der Waals surface area contributed by atoms with E-state index in [4.69, 9.17) is 4.74 Å². The Morgan fingerprint density at radius 3 is 2.29 bits per heavy atom. The van der Waals surface area contributed by atoms with Crippen LogP contribution in [-0.2, 0) is 14.3 Å². The van der Waals surface area contributed by atoms with Gasteiger partial charge in [0, 0.05) is 11.3 Å². The van der Waals surface area contributed by atoms with Crippen LogP contribution in [0.4, 0.5) is 0 Å². The van der Waals surface area contributed by atoms with Crippen LogP contribution in [0.2, 0.25) is 0 Å². The van der Waals surface area contributed by atoms with Crippen LogP contribution in [0.5, 0.6) is 0 Å². The predicted octanol–water partition coefficient (Wildman–Crippen LogP) is 6.56. The van der Waals surface area contributed by atoms with E-state index in [0.717, 1.165) is 56.1 Å². The Kier molecular flexibility index (Phi) is 5.86. The van der Waals surface area contributed by atoms with Gasteiger partial charge in [0.1, 0.15) is 0 Å². The molecule has 5 heteroatoms. The highest BCUT2D eigenvalue weighted by Crippen LogP contribution is 2.75. The van der Waals surface area contributed by atoms with Gasteiger partial charge in [0.05, 0.1) is 30.3 Å². The van der Waals surface area contributed by atoms with Crippen molar-refractivity contribution in [1.82, 2.24) is 0 Å². The number of nitrogens with zero attached hydrogens (tertiary/aromatic N) is 1. The molecule has 5 nitrogen and oxygen atoms in total. The Morgan fingerprint density at radius 2 is 1.68 bits per heavy atom. The highest BCUT2D eigenvalue weighted by Gasteiger charge is 2.71. The highest BCUT2D eigenvalue weighted by molar-refractivity contribution is 5.96. The van der Waals surface area contributed by atoms with Crippen molar-refractivity contribution in [3.63, 3.8) is 0 Å². The van der Waals surface area contributed by atoms with E-state index in [9.17, 15) is 20.0 Å². The molecule has 5 rings (SSSR count). The van der Waals surface area contributed by atoms with Crippen molar-refractivity contribution in [2.75, 3.05) is 7.11 Å². The monoisotopic (exact) mass is 521 g/mol. The van der Waals surface area contributed by atoms with Crippen molar-refractivity contribution in [2.45, 2.75) is 106 Å². The number of carbonyl (C=O) groups is 2. The fourth-order valence-electron chi connectivity index (χ4n) is 10.7. The van der Waals surface area contributed by atoms with Crippen LogP contribution >= 0.6 is 0 Å². The molecule has 0 aromatic heterocycles. The summed E-state index contributed by atoms with van der Waals surface area (Å²) >= 11 is 0. The Hall–Kier alpha value is -1.93. The molecule has 5 aliphatic carbocycles. The number of ether oxygens (including phenoxy) is 1. The highest BCUT2D eigenvalue weighted by atomic mass is 16.5. The largest absolute Gasteiger partial charge is 0.469 e. The number of aliphatic hydroxyl groups excluding tert-OH is 1. The van der Waals surface area contributed by atoms with E-state index in [0.29, 0.717) is 5.57 Å². The summed E-state index contributed by atoms with van der Waals surface area (Å²) < 4.78 is 5.43. The second-order valence-electron chi connectivity index (χ2n) is 15.5. The van der Waals surface area contributed by atoms with Crippen LogP contribution in [0, 0.1) is 61.6 Å². The first-order valence-electron chi connectivity index (χ1n) is 14.6. The maximum atomic E-state index is 14.5. The Balaban J connectivity index is 1.73. The van der Waals surface area contributed by atoms with Gasteiger partial charge >= 0.3 is 5.97 Å². The summed E-state index contributed by atoms with van der Waals surface area (Å²) in [6, 6.07) is 2.34. The van der Waals surface area contributed by atoms with Crippen molar-refractivity contribution in [1.29, 1.82) is 5.26 Å². The second kappa shape index (κ2) is 8.06. The molecular weight excluding hydrogens is 474 g/mol. The van der Waals surface area contributed by atoms with Gasteiger partial charge in [0.15, 0.2) is 5.78 Å². The number of hydrogen-bond donors (Lipinski definition) is 1. The smallest absolute Gasteiger partial charge is 0.312 e. The Morgan fingerprint density at radius 1 is 1.05 bits per heavy atom. The summed E-state index contributed by atoms with van der Waals surface area (Å²) in [6.45, 7) is 17.6. The molecule has 0 aromatic carbocycles. The normalized spacial score (nSPS) is 47.0. The average molecular weight is 522 g/mol. The Labute approximate surface area is 229 Å². The number of esters is 1. The van der Waals surface area contributed by atoms with Gasteiger partial charge in [-0.2, -0.15) is 5.26 Å². The minimum Gasteiger partial charge on any atom is -0.469 e. The molecule has 0 saturated heterocycles. The lowest BCUT2D eigenvalue weighted by atomic mass is 9.33. The van der Waals surface area contributed by atoms with E-state index < -0.39 is 22.3 Å². The van der Waals surface area contributed by atoms with E-state index in [1.54, 1.807) is 0 Å². The number of allylic oxidation sites excluding steroid dienone is 3. The van der Waals surface area contributed by atoms with Crippen molar-refractivity contribution in [3.05, 3.63) is 22.8 Å². The van der Waals surface area contributed by atoms with Crippen LogP contribution in [0.15, 0.2) is 22.8 Å². The van der Waals surface area contributed by atoms with E-state index in [1.165, 1.54) is 7.11 Å². The summed E-state index contributed by atoms with van der Waals surface area (Å²) in [7, 11) is 1.49. The number of aliphatic hydroxyl groups is 1. The molecule has 0 aromatic rings. The zero-order valence-corrected chi connectivity index (χ0v) is 25.0. The number of rotatable bonds is 1. The molecule has 0 amide bonds. The topological polar surface area (TPSA) is 87.4 Å². The first-order valence-corrected chi connectivity index (χ1v) is 14.6. The minimum atomic E-state index is -0.807.